The standard InChI is InChI=1S/C8H18N2O2S/c1-7(6-9)10-8-2-4-13(11,12)5-3-8/h7-8,10H,2-6,9H2,1H3. The van der Waals surface area contributed by atoms with Crippen LogP contribution in [0, 0.1) is 0 Å². The van der Waals surface area contributed by atoms with Crippen LogP contribution in [0.1, 0.15) is 19.8 Å². The Morgan fingerprint density at radius 1 is 1.46 bits per heavy atom. The van der Waals surface area contributed by atoms with Crippen LogP contribution in [0.2, 0.25) is 0 Å². The molecular formula is C8H18N2O2S. The van der Waals surface area contributed by atoms with Crippen LogP contribution in [0.3, 0.4) is 0 Å². The van der Waals surface area contributed by atoms with Crippen LogP contribution >= 0.6 is 0 Å². The van der Waals surface area contributed by atoms with Gasteiger partial charge in [-0.05, 0) is 19.8 Å². The van der Waals surface area contributed by atoms with Gasteiger partial charge in [-0.2, -0.15) is 0 Å². The van der Waals surface area contributed by atoms with Crippen molar-refractivity contribution in [2.75, 3.05) is 18.1 Å². The molecule has 1 atom stereocenters. The molecule has 1 rings (SSSR count). The largest absolute Gasteiger partial charge is 0.329 e. The second-order valence-corrected chi connectivity index (χ2v) is 6.03. The molecular weight excluding hydrogens is 188 g/mol. The van der Waals surface area contributed by atoms with E-state index in [2.05, 4.69) is 5.32 Å². The van der Waals surface area contributed by atoms with E-state index in [-0.39, 0.29) is 6.04 Å². The molecule has 1 fully saturated rings. The third-order valence-corrected chi connectivity index (χ3v) is 4.14. The summed E-state index contributed by atoms with van der Waals surface area (Å²) in [6, 6.07) is 0.618. The second kappa shape index (κ2) is 4.39. The van der Waals surface area contributed by atoms with E-state index in [1.165, 1.54) is 0 Å². The van der Waals surface area contributed by atoms with Gasteiger partial charge in [0.2, 0.25) is 0 Å². The Hall–Kier alpha value is -0.130. The molecule has 0 saturated carbocycles. The smallest absolute Gasteiger partial charge is 0.150 e. The number of nitrogens with two attached hydrogens (primary N) is 1. The molecule has 0 aromatic rings. The highest BCUT2D eigenvalue weighted by atomic mass is 32.2. The van der Waals surface area contributed by atoms with Gasteiger partial charge in [0.1, 0.15) is 9.84 Å². The van der Waals surface area contributed by atoms with Crippen LogP contribution in [-0.2, 0) is 9.84 Å². The zero-order valence-electron chi connectivity index (χ0n) is 7.99. The van der Waals surface area contributed by atoms with Crippen LogP contribution in [0.15, 0.2) is 0 Å². The van der Waals surface area contributed by atoms with Crippen molar-refractivity contribution in [3.8, 4) is 0 Å². The number of hydrogen-bond acceptors (Lipinski definition) is 4. The fourth-order valence-corrected chi connectivity index (χ4v) is 3.02. The highest BCUT2D eigenvalue weighted by Gasteiger charge is 2.23. The van der Waals surface area contributed by atoms with E-state index in [1.54, 1.807) is 0 Å². The predicted octanol–water partition coefficient (Wildman–Crippen LogP) is -0.500. The summed E-state index contributed by atoms with van der Waals surface area (Å²) >= 11 is 0. The molecule has 0 bridgehead atoms. The Balaban J connectivity index is 2.33. The van der Waals surface area contributed by atoms with Crippen LogP contribution in [0.5, 0.6) is 0 Å². The van der Waals surface area contributed by atoms with Gasteiger partial charge in [-0.3, -0.25) is 0 Å². The highest BCUT2D eigenvalue weighted by molar-refractivity contribution is 7.91. The van der Waals surface area contributed by atoms with Gasteiger partial charge in [0.05, 0.1) is 11.5 Å². The maximum Gasteiger partial charge on any atom is 0.150 e. The van der Waals surface area contributed by atoms with Crippen molar-refractivity contribution in [2.45, 2.75) is 31.8 Å². The summed E-state index contributed by atoms with van der Waals surface area (Å²) in [6.45, 7) is 2.62. The van der Waals surface area contributed by atoms with Gasteiger partial charge in [0.25, 0.3) is 0 Å². The van der Waals surface area contributed by atoms with Gasteiger partial charge >= 0.3 is 0 Å². The molecule has 1 heterocycles. The van der Waals surface area contributed by atoms with Crippen LogP contribution in [0.4, 0.5) is 0 Å². The highest BCUT2D eigenvalue weighted by Crippen LogP contribution is 2.12. The van der Waals surface area contributed by atoms with Crippen LogP contribution in [-0.4, -0.2) is 38.6 Å². The minimum Gasteiger partial charge on any atom is -0.329 e. The van der Waals surface area contributed by atoms with Crippen molar-refractivity contribution in [3.05, 3.63) is 0 Å². The number of rotatable bonds is 3. The fourth-order valence-electron chi connectivity index (χ4n) is 1.53. The maximum atomic E-state index is 11.1. The van der Waals surface area contributed by atoms with E-state index in [4.69, 9.17) is 5.73 Å². The van der Waals surface area contributed by atoms with Crippen molar-refractivity contribution in [1.29, 1.82) is 0 Å². The van der Waals surface area contributed by atoms with Crippen LogP contribution < -0.4 is 11.1 Å². The molecule has 13 heavy (non-hydrogen) atoms. The maximum absolute atomic E-state index is 11.1. The molecule has 0 radical (unpaired) electrons. The fraction of sp³-hybridized carbons (Fsp3) is 1.00. The molecule has 3 N–H and O–H groups in total. The number of nitrogens with one attached hydrogen (secondary N) is 1. The average Bonchev–Trinajstić information content (AvgIpc) is 2.08. The molecule has 5 heteroatoms. The third-order valence-electron chi connectivity index (χ3n) is 2.43. The first-order chi connectivity index (χ1) is 6.03. The molecule has 0 aromatic carbocycles. The zero-order chi connectivity index (χ0) is 9.90. The summed E-state index contributed by atoms with van der Waals surface area (Å²) in [5, 5.41) is 3.32. The van der Waals surface area contributed by atoms with Crippen molar-refractivity contribution in [3.63, 3.8) is 0 Å². The Morgan fingerprint density at radius 2 is 2.00 bits per heavy atom. The molecule has 78 valence electrons. The van der Waals surface area contributed by atoms with Gasteiger partial charge in [0.15, 0.2) is 0 Å². The lowest BCUT2D eigenvalue weighted by Gasteiger charge is -2.25. The normalized spacial score (nSPS) is 25.7. The first-order valence-electron chi connectivity index (χ1n) is 4.70. The second-order valence-electron chi connectivity index (χ2n) is 3.73. The molecule has 0 spiro atoms. The lowest BCUT2D eigenvalue weighted by Crippen LogP contribution is -2.44. The number of sulfone groups is 1. The monoisotopic (exact) mass is 206 g/mol. The quantitative estimate of drug-likeness (QED) is 0.653. The summed E-state index contributed by atoms with van der Waals surface area (Å²) in [5.41, 5.74) is 5.46. The first kappa shape index (κ1) is 10.9. The van der Waals surface area contributed by atoms with Crippen molar-refractivity contribution < 1.29 is 8.42 Å². The van der Waals surface area contributed by atoms with Gasteiger partial charge in [-0.1, -0.05) is 0 Å². The Labute approximate surface area is 79.8 Å². The Bertz CT molecular complexity index is 237. The molecule has 1 saturated heterocycles. The van der Waals surface area contributed by atoms with E-state index in [0.717, 1.165) is 12.8 Å². The zero-order valence-corrected chi connectivity index (χ0v) is 8.81. The van der Waals surface area contributed by atoms with E-state index in [1.807, 2.05) is 6.92 Å². The molecule has 1 aliphatic heterocycles. The van der Waals surface area contributed by atoms with Crippen molar-refractivity contribution >= 4 is 9.84 Å². The molecule has 0 aliphatic carbocycles. The van der Waals surface area contributed by atoms with Crippen molar-refractivity contribution in [1.82, 2.24) is 5.32 Å². The molecule has 0 amide bonds. The minimum absolute atomic E-state index is 0.283. The van der Waals surface area contributed by atoms with Crippen molar-refractivity contribution in [2.24, 2.45) is 5.73 Å². The van der Waals surface area contributed by atoms with E-state index in [0.29, 0.717) is 24.1 Å². The predicted molar refractivity (Wildman–Crippen MR) is 53.3 cm³/mol. The first-order valence-corrected chi connectivity index (χ1v) is 6.52. The molecule has 4 nitrogen and oxygen atoms in total. The summed E-state index contributed by atoms with van der Waals surface area (Å²) in [5.74, 6) is 0.643. The summed E-state index contributed by atoms with van der Waals surface area (Å²) in [6.07, 6.45) is 1.46. The lowest BCUT2D eigenvalue weighted by molar-refractivity contribution is 0.417. The summed E-state index contributed by atoms with van der Waals surface area (Å²) < 4.78 is 22.2. The minimum atomic E-state index is -2.73. The topological polar surface area (TPSA) is 72.2 Å². The van der Waals surface area contributed by atoms with Gasteiger partial charge in [0, 0.05) is 18.6 Å². The number of hydrogen-bond donors (Lipinski definition) is 2. The van der Waals surface area contributed by atoms with E-state index < -0.39 is 9.84 Å². The molecule has 0 aromatic heterocycles. The van der Waals surface area contributed by atoms with Gasteiger partial charge in [-0.15, -0.1) is 0 Å². The SMILES string of the molecule is CC(CN)NC1CCS(=O)(=O)CC1. The van der Waals surface area contributed by atoms with Gasteiger partial charge < -0.3 is 11.1 Å². The summed E-state index contributed by atoms with van der Waals surface area (Å²) in [4.78, 5) is 0. The average molecular weight is 206 g/mol. The van der Waals surface area contributed by atoms with E-state index >= 15 is 0 Å². The third kappa shape index (κ3) is 3.62. The van der Waals surface area contributed by atoms with Crippen LogP contribution in [0.25, 0.3) is 0 Å². The molecule has 1 aliphatic rings. The Kier molecular flexibility index (Phi) is 3.70. The Morgan fingerprint density at radius 3 is 2.46 bits per heavy atom. The molecule has 1 unspecified atom stereocenters. The van der Waals surface area contributed by atoms with Gasteiger partial charge in [-0.25, -0.2) is 8.42 Å². The summed E-state index contributed by atoms with van der Waals surface area (Å²) in [7, 11) is -2.73. The van der Waals surface area contributed by atoms with E-state index in [9.17, 15) is 8.42 Å². The lowest BCUT2D eigenvalue weighted by atomic mass is 10.1.